The van der Waals surface area contributed by atoms with Crippen LogP contribution in [-0.4, -0.2) is 59.8 Å². The molecular weight excluding hydrogens is 492 g/mol. The van der Waals surface area contributed by atoms with E-state index in [4.69, 9.17) is 11.6 Å². The molecule has 0 N–H and O–H groups in total. The second-order valence-electron chi connectivity index (χ2n) is 10.4. The lowest BCUT2D eigenvalue weighted by molar-refractivity contribution is -0.138. The number of pyridine rings is 1. The number of imide groups is 1. The molecule has 188 valence electrons. The average molecular weight is 523 g/mol. The number of rotatable bonds is 5. The number of halogens is 1. The lowest BCUT2D eigenvalue weighted by Crippen LogP contribution is -2.39. The zero-order chi connectivity index (χ0) is 24.8. The first-order valence-electron chi connectivity index (χ1n) is 12.9. The minimum absolute atomic E-state index is 0.0842. The molecule has 0 atom stereocenters. The second-order valence-corrected chi connectivity index (χ2v) is 12.0. The quantitative estimate of drug-likeness (QED) is 0.422. The van der Waals surface area contributed by atoms with E-state index in [-0.39, 0.29) is 11.8 Å². The molecule has 0 spiro atoms. The number of carbonyl (C=O) groups excluding carboxylic acids is 2. The molecule has 0 unspecified atom stereocenters. The van der Waals surface area contributed by atoms with Gasteiger partial charge >= 0.3 is 0 Å². The van der Waals surface area contributed by atoms with Gasteiger partial charge in [-0.15, -0.1) is 11.3 Å². The number of benzene rings is 1. The molecule has 2 fully saturated rings. The van der Waals surface area contributed by atoms with Crippen molar-refractivity contribution in [1.29, 1.82) is 0 Å². The van der Waals surface area contributed by atoms with E-state index >= 15 is 0 Å². The van der Waals surface area contributed by atoms with Crippen LogP contribution in [-0.2, 0) is 22.6 Å². The predicted octanol–water partition coefficient (Wildman–Crippen LogP) is 5.36. The van der Waals surface area contributed by atoms with Gasteiger partial charge in [0.15, 0.2) is 0 Å². The first kappa shape index (κ1) is 23.9. The summed E-state index contributed by atoms with van der Waals surface area (Å²) in [5.41, 5.74) is 5.84. The van der Waals surface area contributed by atoms with Crippen molar-refractivity contribution >= 4 is 50.7 Å². The molecule has 6 rings (SSSR count). The van der Waals surface area contributed by atoms with Gasteiger partial charge in [-0.1, -0.05) is 11.6 Å². The highest BCUT2D eigenvalue weighted by molar-refractivity contribution is 7.19. The minimum atomic E-state index is -0.0842. The van der Waals surface area contributed by atoms with E-state index in [1.165, 1.54) is 47.6 Å². The smallest absolute Gasteiger partial charge is 0.230 e. The summed E-state index contributed by atoms with van der Waals surface area (Å²) in [6.07, 6.45) is 7.16. The molecule has 3 aliphatic heterocycles. The van der Waals surface area contributed by atoms with Crippen LogP contribution in [0.15, 0.2) is 30.5 Å². The number of amides is 2. The zero-order valence-electron chi connectivity index (χ0n) is 20.6. The molecule has 6 nitrogen and oxygen atoms in total. The van der Waals surface area contributed by atoms with Crippen molar-refractivity contribution < 1.29 is 9.59 Å². The number of hydrogen-bond acceptors (Lipinski definition) is 6. The molecule has 36 heavy (non-hydrogen) atoms. The molecule has 0 bridgehead atoms. The molecular formula is C28H31ClN4O2S. The average Bonchev–Trinajstić information content (AvgIpc) is 3.43. The fourth-order valence-electron chi connectivity index (χ4n) is 5.97. The maximum Gasteiger partial charge on any atom is 0.230 e. The monoisotopic (exact) mass is 522 g/mol. The second kappa shape index (κ2) is 9.77. The summed E-state index contributed by atoms with van der Waals surface area (Å²) in [5.74, 6) is 0.537. The van der Waals surface area contributed by atoms with Gasteiger partial charge in [-0.25, -0.2) is 0 Å². The topological polar surface area (TPSA) is 56.8 Å². The van der Waals surface area contributed by atoms with Crippen LogP contribution in [0.25, 0.3) is 21.3 Å². The molecule has 2 amide bonds. The minimum Gasteiger partial charge on any atom is -0.371 e. The third-order valence-electron chi connectivity index (χ3n) is 7.88. The van der Waals surface area contributed by atoms with Gasteiger partial charge in [0.2, 0.25) is 11.8 Å². The Morgan fingerprint density at radius 1 is 1.03 bits per heavy atom. The number of fused-ring (bicyclic) bond motifs is 2. The van der Waals surface area contributed by atoms with Gasteiger partial charge in [0.05, 0.1) is 16.8 Å². The molecule has 1 aromatic carbocycles. The normalized spacial score (nSPS) is 19.5. The maximum atomic E-state index is 12.2. The van der Waals surface area contributed by atoms with Gasteiger partial charge in [0.1, 0.15) is 0 Å². The van der Waals surface area contributed by atoms with Crippen molar-refractivity contribution in [2.75, 3.05) is 38.1 Å². The Morgan fingerprint density at radius 2 is 1.81 bits per heavy atom. The number of aromatic nitrogens is 1. The van der Waals surface area contributed by atoms with Crippen LogP contribution >= 0.6 is 22.9 Å². The Morgan fingerprint density at radius 3 is 2.58 bits per heavy atom. The highest BCUT2D eigenvalue weighted by Crippen LogP contribution is 2.44. The van der Waals surface area contributed by atoms with Crippen LogP contribution in [0.3, 0.4) is 0 Å². The number of hydrogen-bond donors (Lipinski definition) is 0. The Hall–Kier alpha value is -2.48. The lowest BCUT2D eigenvalue weighted by atomic mass is 9.91. The molecule has 0 radical (unpaired) electrons. The van der Waals surface area contributed by atoms with Crippen LogP contribution in [0.2, 0.25) is 5.02 Å². The Bertz CT molecular complexity index is 1310. The van der Waals surface area contributed by atoms with E-state index in [9.17, 15) is 9.59 Å². The highest BCUT2D eigenvalue weighted by Gasteiger charge is 2.30. The lowest BCUT2D eigenvalue weighted by Gasteiger charge is -2.38. The van der Waals surface area contributed by atoms with E-state index in [1.807, 2.05) is 12.3 Å². The molecule has 2 aromatic heterocycles. The maximum absolute atomic E-state index is 12.2. The molecule has 3 aliphatic rings. The third-order valence-corrected chi connectivity index (χ3v) is 9.24. The zero-order valence-corrected chi connectivity index (χ0v) is 22.2. The van der Waals surface area contributed by atoms with Crippen LogP contribution in [0.5, 0.6) is 0 Å². The Balaban J connectivity index is 1.38. The van der Waals surface area contributed by atoms with Crippen LogP contribution in [0, 0.1) is 5.92 Å². The number of likely N-dealkylation sites (tertiary alicyclic amines) is 2. The third kappa shape index (κ3) is 4.53. The predicted molar refractivity (Wildman–Crippen MR) is 146 cm³/mol. The van der Waals surface area contributed by atoms with Gasteiger partial charge in [-0.3, -0.25) is 19.5 Å². The summed E-state index contributed by atoms with van der Waals surface area (Å²) in [5, 5.41) is 0.764. The molecule has 2 saturated heterocycles. The van der Waals surface area contributed by atoms with E-state index in [1.54, 1.807) is 11.3 Å². The van der Waals surface area contributed by atoms with Crippen molar-refractivity contribution in [3.63, 3.8) is 0 Å². The van der Waals surface area contributed by atoms with Gasteiger partial charge in [0.25, 0.3) is 0 Å². The van der Waals surface area contributed by atoms with Gasteiger partial charge in [-0.2, -0.15) is 0 Å². The first-order chi connectivity index (χ1) is 17.5. The van der Waals surface area contributed by atoms with Crippen LogP contribution in [0.1, 0.15) is 42.5 Å². The fourth-order valence-corrected chi connectivity index (χ4v) is 7.34. The highest BCUT2D eigenvalue weighted by atomic mass is 35.5. The van der Waals surface area contributed by atoms with Gasteiger partial charge in [0, 0.05) is 58.8 Å². The van der Waals surface area contributed by atoms with Gasteiger partial charge in [-0.05, 0) is 81.6 Å². The summed E-state index contributed by atoms with van der Waals surface area (Å²) in [6, 6.07) is 8.36. The standard InChI is InChI=1S/C28H31ClN4O2S/c1-31-11-7-18(8-12-31)16-32-10-2-3-19-13-20(29)14-23(27(19)32)22-6-9-30-24-15-21(36-28(22)24)17-33-25(34)4-5-26(33)35/h6,9,13-15,18H,2-5,7-8,10-12,16-17H2,1H3. The number of aryl methyl sites for hydroxylation is 1. The summed E-state index contributed by atoms with van der Waals surface area (Å²) in [6.45, 7) is 4.82. The van der Waals surface area contributed by atoms with Crippen molar-refractivity contribution in [2.24, 2.45) is 5.92 Å². The van der Waals surface area contributed by atoms with Crippen LogP contribution < -0.4 is 4.90 Å². The van der Waals surface area contributed by atoms with Gasteiger partial charge < -0.3 is 9.80 Å². The summed E-state index contributed by atoms with van der Waals surface area (Å²) < 4.78 is 1.08. The van der Waals surface area contributed by atoms with E-state index in [0.717, 1.165) is 51.6 Å². The van der Waals surface area contributed by atoms with Crippen molar-refractivity contribution in [2.45, 2.75) is 45.1 Å². The first-order valence-corrected chi connectivity index (χ1v) is 14.1. The number of thiophene rings is 1. The van der Waals surface area contributed by atoms with Crippen molar-refractivity contribution in [1.82, 2.24) is 14.8 Å². The van der Waals surface area contributed by atoms with Crippen molar-refractivity contribution in [3.05, 3.63) is 45.9 Å². The molecule has 8 heteroatoms. The Labute approximate surface area is 220 Å². The molecule has 0 aliphatic carbocycles. The number of anilines is 1. The van der Waals surface area contributed by atoms with E-state index < -0.39 is 0 Å². The number of nitrogens with zero attached hydrogens (tertiary/aromatic N) is 4. The molecule has 0 saturated carbocycles. The fraction of sp³-hybridized carbons (Fsp3) is 0.464. The summed E-state index contributed by atoms with van der Waals surface area (Å²) >= 11 is 8.30. The Kier molecular flexibility index (Phi) is 6.48. The van der Waals surface area contributed by atoms with Crippen molar-refractivity contribution in [3.8, 4) is 11.1 Å². The van der Waals surface area contributed by atoms with E-state index in [0.29, 0.717) is 25.3 Å². The SMILES string of the molecule is CN1CCC(CN2CCCc3cc(Cl)cc(-c4ccnc5cc(CN6C(=O)CCC6=O)sc45)c32)CC1. The molecule has 3 aromatic rings. The number of piperidine rings is 1. The number of carbonyl (C=O) groups is 2. The summed E-state index contributed by atoms with van der Waals surface area (Å²) in [4.78, 5) is 36.4. The summed E-state index contributed by atoms with van der Waals surface area (Å²) in [7, 11) is 2.21. The largest absolute Gasteiger partial charge is 0.371 e. The van der Waals surface area contributed by atoms with Crippen LogP contribution in [0.4, 0.5) is 5.69 Å². The molecule has 5 heterocycles. The van der Waals surface area contributed by atoms with E-state index in [2.05, 4.69) is 40.0 Å².